The van der Waals surface area contributed by atoms with Crippen LogP contribution in [0.3, 0.4) is 0 Å². The first-order chi connectivity index (χ1) is 11.5. The predicted octanol–water partition coefficient (Wildman–Crippen LogP) is 3.50. The zero-order valence-corrected chi connectivity index (χ0v) is 15.3. The molecule has 2 aliphatic rings. The normalized spacial score (nSPS) is 22.9. The fourth-order valence-corrected chi connectivity index (χ4v) is 3.72. The molecule has 1 unspecified atom stereocenters. The monoisotopic (exact) mass is 329 g/mol. The smallest absolute Gasteiger partial charge is 0.317 e. The molecule has 3 rings (SSSR count). The van der Waals surface area contributed by atoms with Gasteiger partial charge in [-0.25, -0.2) is 4.79 Å². The van der Waals surface area contributed by atoms with Crippen molar-refractivity contribution in [1.82, 2.24) is 15.1 Å². The number of carbonyl (C=O) groups excluding carboxylic acids is 1. The summed E-state index contributed by atoms with van der Waals surface area (Å²) in [7, 11) is 1.91. The molecular formula is C20H31N3O. The van der Waals surface area contributed by atoms with E-state index in [-0.39, 0.29) is 11.6 Å². The third-order valence-electron chi connectivity index (χ3n) is 5.68. The van der Waals surface area contributed by atoms with Crippen LogP contribution in [0.15, 0.2) is 24.3 Å². The molecule has 1 aliphatic heterocycles. The molecule has 2 fully saturated rings. The van der Waals surface area contributed by atoms with Gasteiger partial charge in [-0.1, -0.05) is 36.2 Å². The van der Waals surface area contributed by atoms with Crippen molar-refractivity contribution in [3.8, 4) is 0 Å². The molecule has 1 aromatic carbocycles. The number of hydrogen-bond acceptors (Lipinski definition) is 2. The lowest BCUT2D eigenvalue weighted by Gasteiger charge is -2.34. The van der Waals surface area contributed by atoms with Gasteiger partial charge in [0, 0.05) is 26.2 Å². The summed E-state index contributed by atoms with van der Waals surface area (Å²) in [6, 6.07) is 9.22. The third kappa shape index (κ3) is 3.92. The van der Waals surface area contributed by atoms with Crippen LogP contribution >= 0.6 is 0 Å². The number of piperidine rings is 1. The first kappa shape index (κ1) is 17.3. The topological polar surface area (TPSA) is 35.6 Å². The highest BCUT2D eigenvalue weighted by Gasteiger charge is 2.46. The van der Waals surface area contributed by atoms with Crippen LogP contribution in [0.4, 0.5) is 4.79 Å². The third-order valence-corrected chi connectivity index (χ3v) is 5.68. The van der Waals surface area contributed by atoms with Gasteiger partial charge in [0.15, 0.2) is 0 Å². The number of benzene rings is 1. The summed E-state index contributed by atoms with van der Waals surface area (Å²) in [5.74, 6) is 0. The molecule has 2 amide bonds. The Bertz CT molecular complexity index is 582. The minimum atomic E-state index is -0.129. The number of likely N-dealkylation sites (tertiary alicyclic amines) is 1. The summed E-state index contributed by atoms with van der Waals surface area (Å²) in [5.41, 5.74) is 2.37. The van der Waals surface area contributed by atoms with Gasteiger partial charge in [-0.2, -0.15) is 0 Å². The summed E-state index contributed by atoms with van der Waals surface area (Å²) in [6.07, 6.45) is 5.99. The number of likely N-dealkylation sites (N-methyl/N-ethyl adjacent to an activating group) is 1. The van der Waals surface area contributed by atoms with Crippen molar-refractivity contribution in [1.29, 1.82) is 0 Å². The average Bonchev–Trinajstić information content (AvgIpc) is 3.34. The number of carbonyl (C=O) groups is 1. The maximum Gasteiger partial charge on any atom is 0.317 e. The predicted molar refractivity (Wildman–Crippen MR) is 98.1 cm³/mol. The second-order valence-corrected chi connectivity index (χ2v) is 7.68. The highest BCUT2D eigenvalue weighted by molar-refractivity contribution is 5.75. The maximum atomic E-state index is 12.6. The van der Waals surface area contributed by atoms with Crippen LogP contribution in [0.5, 0.6) is 0 Å². The van der Waals surface area contributed by atoms with E-state index in [2.05, 4.69) is 48.3 Å². The summed E-state index contributed by atoms with van der Waals surface area (Å²) in [6.45, 7) is 7.34. The standard InChI is InChI=1S/C20H31N3O/c1-16-7-6-9-18(15-16)20(10-11-20)21-19(24)22(3)13-14-23-12-5-4-8-17(23)2/h6-7,9,15,17H,4-5,8,10-14H2,1-3H3,(H,21,24). The molecule has 1 heterocycles. The number of aryl methyl sites for hydroxylation is 1. The van der Waals surface area contributed by atoms with E-state index in [1.165, 1.54) is 36.9 Å². The Kier molecular flexibility index (Phi) is 5.14. The van der Waals surface area contributed by atoms with Crippen molar-refractivity contribution in [3.05, 3.63) is 35.4 Å². The van der Waals surface area contributed by atoms with E-state index in [9.17, 15) is 4.79 Å². The Labute approximate surface area is 146 Å². The van der Waals surface area contributed by atoms with E-state index in [4.69, 9.17) is 0 Å². The van der Waals surface area contributed by atoms with Crippen molar-refractivity contribution in [3.63, 3.8) is 0 Å². The number of hydrogen-bond donors (Lipinski definition) is 1. The molecule has 4 heteroatoms. The van der Waals surface area contributed by atoms with Crippen molar-refractivity contribution in [2.45, 2.75) is 57.5 Å². The second-order valence-electron chi connectivity index (χ2n) is 7.68. The van der Waals surface area contributed by atoms with E-state index in [0.717, 1.165) is 25.9 Å². The molecular weight excluding hydrogens is 298 g/mol. The molecule has 1 aliphatic carbocycles. The van der Waals surface area contributed by atoms with Gasteiger partial charge in [0.25, 0.3) is 0 Å². The van der Waals surface area contributed by atoms with Crippen LogP contribution in [0.25, 0.3) is 0 Å². The number of urea groups is 1. The Morgan fingerprint density at radius 3 is 2.83 bits per heavy atom. The fraction of sp³-hybridized carbons (Fsp3) is 0.650. The molecule has 1 aromatic rings. The lowest BCUT2D eigenvalue weighted by Crippen LogP contribution is -2.47. The van der Waals surface area contributed by atoms with Gasteiger partial charge in [-0.3, -0.25) is 4.90 Å². The molecule has 24 heavy (non-hydrogen) atoms. The number of nitrogens with one attached hydrogen (secondary N) is 1. The first-order valence-electron chi connectivity index (χ1n) is 9.35. The molecule has 1 saturated heterocycles. The van der Waals surface area contributed by atoms with Crippen molar-refractivity contribution in [2.75, 3.05) is 26.7 Å². The summed E-state index contributed by atoms with van der Waals surface area (Å²) in [4.78, 5) is 17.0. The maximum absolute atomic E-state index is 12.6. The summed E-state index contributed by atoms with van der Waals surface area (Å²) in [5, 5.41) is 3.28. The SMILES string of the molecule is Cc1cccc(C2(NC(=O)N(C)CCN3CCCCC3C)CC2)c1. The molecule has 1 saturated carbocycles. The molecule has 4 nitrogen and oxygen atoms in total. The Balaban J connectivity index is 1.52. The molecule has 132 valence electrons. The number of amides is 2. The Morgan fingerprint density at radius 1 is 1.38 bits per heavy atom. The van der Waals surface area contributed by atoms with Crippen molar-refractivity contribution in [2.24, 2.45) is 0 Å². The van der Waals surface area contributed by atoms with Crippen LogP contribution < -0.4 is 5.32 Å². The minimum absolute atomic E-state index is 0.0543. The largest absolute Gasteiger partial charge is 0.328 e. The van der Waals surface area contributed by atoms with Crippen LogP contribution in [-0.4, -0.2) is 48.6 Å². The summed E-state index contributed by atoms with van der Waals surface area (Å²) < 4.78 is 0. The molecule has 0 radical (unpaired) electrons. The van der Waals surface area contributed by atoms with Gasteiger partial charge in [0.2, 0.25) is 0 Å². The lowest BCUT2D eigenvalue weighted by atomic mass is 10.0. The lowest BCUT2D eigenvalue weighted by molar-refractivity contribution is 0.142. The van der Waals surface area contributed by atoms with Gasteiger partial charge < -0.3 is 10.2 Å². The highest BCUT2D eigenvalue weighted by Crippen LogP contribution is 2.45. The fourth-order valence-electron chi connectivity index (χ4n) is 3.72. The Hall–Kier alpha value is -1.55. The van der Waals surface area contributed by atoms with E-state index >= 15 is 0 Å². The zero-order chi connectivity index (χ0) is 17.2. The Morgan fingerprint density at radius 2 is 2.17 bits per heavy atom. The second kappa shape index (κ2) is 7.14. The molecule has 0 bridgehead atoms. The number of rotatable bonds is 5. The average molecular weight is 329 g/mol. The highest BCUT2D eigenvalue weighted by atomic mass is 16.2. The van der Waals surface area contributed by atoms with Crippen LogP contribution in [-0.2, 0) is 5.54 Å². The van der Waals surface area contributed by atoms with E-state index in [0.29, 0.717) is 6.04 Å². The van der Waals surface area contributed by atoms with Gasteiger partial charge >= 0.3 is 6.03 Å². The van der Waals surface area contributed by atoms with Crippen molar-refractivity contribution >= 4 is 6.03 Å². The van der Waals surface area contributed by atoms with Crippen LogP contribution in [0.1, 0.15) is 50.2 Å². The molecule has 1 atom stereocenters. The summed E-state index contributed by atoms with van der Waals surface area (Å²) >= 11 is 0. The van der Waals surface area contributed by atoms with Gasteiger partial charge in [-0.05, 0) is 51.6 Å². The van der Waals surface area contributed by atoms with Crippen LogP contribution in [0, 0.1) is 6.92 Å². The number of nitrogens with zero attached hydrogens (tertiary/aromatic N) is 2. The van der Waals surface area contributed by atoms with Gasteiger partial charge in [0.1, 0.15) is 0 Å². The molecule has 0 spiro atoms. The van der Waals surface area contributed by atoms with Gasteiger partial charge in [0.05, 0.1) is 5.54 Å². The first-order valence-corrected chi connectivity index (χ1v) is 9.35. The van der Waals surface area contributed by atoms with E-state index in [1.54, 1.807) is 0 Å². The quantitative estimate of drug-likeness (QED) is 0.897. The molecule has 0 aromatic heterocycles. The van der Waals surface area contributed by atoms with Crippen LogP contribution in [0.2, 0.25) is 0 Å². The minimum Gasteiger partial charge on any atom is -0.328 e. The zero-order valence-electron chi connectivity index (χ0n) is 15.3. The van der Waals surface area contributed by atoms with E-state index in [1.807, 2.05) is 11.9 Å². The van der Waals surface area contributed by atoms with E-state index < -0.39 is 0 Å². The molecule has 1 N–H and O–H groups in total. The van der Waals surface area contributed by atoms with Gasteiger partial charge in [-0.15, -0.1) is 0 Å². The van der Waals surface area contributed by atoms with Crippen molar-refractivity contribution < 1.29 is 4.79 Å².